The van der Waals surface area contributed by atoms with E-state index in [2.05, 4.69) is 4.72 Å². The number of nitrogens with one attached hydrogen (secondary N) is 1. The molecule has 2 aromatic carbocycles. The molecule has 198 valence electrons. The fourth-order valence-corrected chi connectivity index (χ4v) is 6.28. The van der Waals surface area contributed by atoms with Gasteiger partial charge in [0.1, 0.15) is 12.1 Å². The highest BCUT2D eigenvalue weighted by Crippen LogP contribution is 2.26. The number of amides is 2. The number of nitrogens with zero attached hydrogens (tertiary/aromatic N) is 2. The fraction of sp³-hybridized carbons (Fsp3) is 0.444. The van der Waals surface area contributed by atoms with Crippen molar-refractivity contribution in [1.29, 1.82) is 0 Å². The molecule has 0 unspecified atom stereocenters. The lowest BCUT2D eigenvalue weighted by Crippen LogP contribution is -2.53. The van der Waals surface area contributed by atoms with Gasteiger partial charge >= 0.3 is 5.97 Å². The maximum atomic E-state index is 13.6. The van der Waals surface area contributed by atoms with Gasteiger partial charge in [-0.3, -0.25) is 9.59 Å². The topological polar surface area (TPSA) is 124 Å². The summed E-state index contributed by atoms with van der Waals surface area (Å²) >= 11 is 0. The zero-order valence-corrected chi connectivity index (χ0v) is 21.7. The number of sulfonamides is 1. The summed E-state index contributed by atoms with van der Waals surface area (Å²) in [7, 11) is -3.94. The number of carboxylic acid groups (broad SMARTS) is 1. The molecule has 2 N–H and O–H groups in total. The van der Waals surface area contributed by atoms with E-state index in [9.17, 15) is 27.9 Å². The van der Waals surface area contributed by atoms with Gasteiger partial charge < -0.3 is 14.9 Å². The molecule has 10 heteroatoms. The first-order chi connectivity index (χ1) is 17.7. The maximum Gasteiger partial charge on any atom is 0.326 e. The van der Waals surface area contributed by atoms with Crippen LogP contribution < -0.4 is 4.72 Å². The Morgan fingerprint density at radius 2 is 1.62 bits per heavy atom. The summed E-state index contributed by atoms with van der Waals surface area (Å²) in [4.78, 5) is 41.2. The van der Waals surface area contributed by atoms with Crippen molar-refractivity contribution in [2.75, 3.05) is 19.6 Å². The molecule has 0 saturated carbocycles. The number of hydrogen-bond acceptors (Lipinski definition) is 5. The zero-order chi connectivity index (χ0) is 26.6. The molecule has 2 heterocycles. The van der Waals surface area contributed by atoms with Crippen molar-refractivity contribution >= 4 is 27.8 Å². The summed E-state index contributed by atoms with van der Waals surface area (Å²) in [5, 5.41) is 9.41. The standard InChI is InChI=1S/C27H33N3O6S/c1-19-9-11-22(12-10-19)37(35,36)28-23(18-20-6-3-2-4-7-20)26(32)29-16-13-21(14-17-29)25(31)30-15-5-8-24(30)27(33)34/h2-4,6-7,9-12,21,23-24,28H,5,8,13-18H2,1H3,(H,33,34)/t23-,24-/m0/s1. The quantitative estimate of drug-likeness (QED) is 0.543. The molecule has 2 saturated heterocycles. The van der Waals surface area contributed by atoms with Gasteiger partial charge in [0, 0.05) is 25.6 Å². The number of piperidine rings is 1. The second-order valence-corrected chi connectivity index (χ2v) is 11.5. The minimum absolute atomic E-state index is 0.0897. The summed E-state index contributed by atoms with van der Waals surface area (Å²) in [6, 6.07) is 13.9. The number of benzene rings is 2. The largest absolute Gasteiger partial charge is 0.480 e. The minimum Gasteiger partial charge on any atom is -0.480 e. The molecule has 0 aliphatic carbocycles. The smallest absolute Gasteiger partial charge is 0.326 e. The molecule has 2 aliphatic rings. The van der Waals surface area contributed by atoms with Crippen LogP contribution in [0.15, 0.2) is 59.5 Å². The third-order valence-corrected chi connectivity index (χ3v) is 8.67. The Bertz CT molecular complexity index is 1220. The molecule has 2 atom stereocenters. The van der Waals surface area contributed by atoms with Crippen LogP contribution in [0.1, 0.15) is 36.8 Å². The van der Waals surface area contributed by atoms with Gasteiger partial charge in [-0.1, -0.05) is 48.0 Å². The molecule has 37 heavy (non-hydrogen) atoms. The van der Waals surface area contributed by atoms with E-state index < -0.39 is 28.1 Å². The number of likely N-dealkylation sites (tertiary alicyclic amines) is 2. The third-order valence-electron chi connectivity index (χ3n) is 7.19. The van der Waals surface area contributed by atoms with Gasteiger partial charge in [-0.05, 0) is 56.7 Å². The average Bonchev–Trinajstić information content (AvgIpc) is 3.39. The number of aryl methyl sites for hydroxylation is 1. The monoisotopic (exact) mass is 527 g/mol. The Morgan fingerprint density at radius 1 is 0.973 bits per heavy atom. The number of hydrogen-bond donors (Lipinski definition) is 2. The number of rotatable bonds is 8. The molecular formula is C27H33N3O6S. The normalized spacial score (nSPS) is 19.5. The molecule has 0 aromatic heterocycles. The van der Waals surface area contributed by atoms with E-state index in [1.807, 2.05) is 37.3 Å². The lowest BCUT2D eigenvalue weighted by atomic mass is 9.94. The number of carbonyl (C=O) groups excluding carboxylic acids is 2. The second-order valence-electron chi connectivity index (χ2n) is 9.80. The number of carbonyl (C=O) groups is 3. The molecule has 4 rings (SSSR count). The molecule has 0 bridgehead atoms. The fourth-order valence-electron chi connectivity index (χ4n) is 5.09. The van der Waals surface area contributed by atoms with Crippen LogP contribution in [0.3, 0.4) is 0 Å². The van der Waals surface area contributed by atoms with Crippen LogP contribution in [0.2, 0.25) is 0 Å². The summed E-state index contributed by atoms with van der Waals surface area (Å²) in [6.07, 6.45) is 2.15. The highest BCUT2D eigenvalue weighted by molar-refractivity contribution is 7.89. The van der Waals surface area contributed by atoms with E-state index in [0.717, 1.165) is 11.1 Å². The van der Waals surface area contributed by atoms with Crippen LogP contribution in [0.4, 0.5) is 0 Å². The van der Waals surface area contributed by atoms with Crippen LogP contribution in [0.25, 0.3) is 0 Å². The molecular weight excluding hydrogens is 494 g/mol. The lowest BCUT2D eigenvalue weighted by Gasteiger charge is -2.35. The van der Waals surface area contributed by atoms with Gasteiger partial charge in [0.25, 0.3) is 0 Å². The SMILES string of the molecule is Cc1ccc(S(=O)(=O)N[C@@H](Cc2ccccc2)C(=O)N2CCC(C(=O)N3CCC[C@H]3C(=O)O)CC2)cc1. The highest BCUT2D eigenvalue weighted by Gasteiger charge is 2.39. The minimum atomic E-state index is -3.94. The van der Waals surface area contributed by atoms with Crippen LogP contribution in [0.5, 0.6) is 0 Å². The summed E-state index contributed by atoms with van der Waals surface area (Å²) in [5.74, 6) is -1.84. The van der Waals surface area contributed by atoms with Gasteiger partial charge in [0.15, 0.2) is 0 Å². The number of aliphatic carboxylic acids is 1. The van der Waals surface area contributed by atoms with Gasteiger partial charge in [0.2, 0.25) is 21.8 Å². The van der Waals surface area contributed by atoms with E-state index >= 15 is 0 Å². The summed E-state index contributed by atoms with van der Waals surface area (Å²) in [6.45, 7) is 2.91. The van der Waals surface area contributed by atoms with Gasteiger partial charge in [-0.15, -0.1) is 0 Å². The first-order valence-corrected chi connectivity index (χ1v) is 14.1. The molecule has 0 spiro atoms. The Balaban J connectivity index is 1.46. The van der Waals surface area contributed by atoms with Crippen molar-refractivity contribution in [3.8, 4) is 0 Å². The molecule has 2 fully saturated rings. The maximum absolute atomic E-state index is 13.6. The van der Waals surface area contributed by atoms with Gasteiger partial charge in [-0.2, -0.15) is 4.72 Å². The average molecular weight is 528 g/mol. The number of carboxylic acids is 1. The van der Waals surface area contributed by atoms with Gasteiger partial charge in [-0.25, -0.2) is 13.2 Å². The van der Waals surface area contributed by atoms with Crippen LogP contribution in [-0.4, -0.2) is 72.8 Å². The van der Waals surface area contributed by atoms with Crippen molar-refractivity contribution in [3.05, 3.63) is 65.7 Å². The zero-order valence-electron chi connectivity index (χ0n) is 20.9. The van der Waals surface area contributed by atoms with E-state index in [0.29, 0.717) is 45.3 Å². The highest BCUT2D eigenvalue weighted by atomic mass is 32.2. The summed E-state index contributed by atoms with van der Waals surface area (Å²) < 4.78 is 28.9. The molecule has 2 aromatic rings. The van der Waals surface area contributed by atoms with Crippen molar-refractivity contribution in [1.82, 2.24) is 14.5 Å². The Hall–Kier alpha value is -3.24. The van der Waals surface area contributed by atoms with Crippen molar-refractivity contribution in [3.63, 3.8) is 0 Å². The lowest BCUT2D eigenvalue weighted by molar-refractivity contribution is -0.151. The van der Waals surface area contributed by atoms with Crippen molar-refractivity contribution < 1.29 is 27.9 Å². The first-order valence-electron chi connectivity index (χ1n) is 12.6. The Morgan fingerprint density at radius 3 is 2.24 bits per heavy atom. The Labute approximate surface area is 217 Å². The Kier molecular flexibility index (Phi) is 8.29. The van der Waals surface area contributed by atoms with E-state index in [1.54, 1.807) is 17.0 Å². The van der Waals surface area contributed by atoms with E-state index in [-0.39, 0.29) is 29.0 Å². The van der Waals surface area contributed by atoms with Crippen LogP contribution in [-0.2, 0) is 30.8 Å². The summed E-state index contributed by atoms with van der Waals surface area (Å²) in [5.41, 5.74) is 1.75. The molecule has 0 radical (unpaired) electrons. The third kappa shape index (κ3) is 6.37. The van der Waals surface area contributed by atoms with Crippen LogP contribution >= 0.6 is 0 Å². The van der Waals surface area contributed by atoms with Crippen molar-refractivity contribution in [2.24, 2.45) is 5.92 Å². The van der Waals surface area contributed by atoms with E-state index in [1.165, 1.54) is 17.0 Å². The van der Waals surface area contributed by atoms with E-state index in [4.69, 9.17) is 0 Å². The van der Waals surface area contributed by atoms with Gasteiger partial charge in [0.05, 0.1) is 4.90 Å². The predicted octanol–water partition coefficient (Wildman–Crippen LogP) is 2.20. The first kappa shape index (κ1) is 26.8. The predicted molar refractivity (Wildman–Crippen MR) is 137 cm³/mol. The molecule has 9 nitrogen and oxygen atoms in total. The van der Waals surface area contributed by atoms with Crippen LogP contribution in [0, 0.1) is 12.8 Å². The molecule has 2 aliphatic heterocycles. The molecule has 2 amide bonds. The van der Waals surface area contributed by atoms with Crippen molar-refractivity contribution in [2.45, 2.75) is 56.0 Å². The second kappa shape index (κ2) is 11.4.